The van der Waals surface area contributed by atoms with E-state index in [1.54, 1.807) is 4.68 Å². The van der Waals surface area contributed by atoms with Crippen LogP contribution in [0.3, 0.4) is 0 Å². The average Bonchev–Trinajstić information content (AvgIpc) is 3.73. The molecule has 1 spiro atoms. The van der Waals surface area contributed by atoms with Crippen LogP contribution in [0.4, 0.5) is 11.4 Å². The molecule has 1 aromatic carbocycles. The van der Waals surface area contributed by atoms with E-state index in [0.717, 1.165) is 36.2 Å². The minimum atomic E-state index is -2.83. The van der Waals surface area contributed by atoms with Crippen molar-refractivity contribution >= 4 is 31.5 Å². The highest BCUT2D eigenvalue weighted by molar-refractivity contribution is 6.71. The molecule has 2 fully saturated rings. The molecule has 0 unspecified atom stereocenters. The van der Waals surface area contributed by atoms with Crippen LogP contribution in [0.2, 0.25) is 18.6 Å². The Morgan fingerprint density at radius 2 is 1.98 bits per heavy atom. The molecule has 3 aliphatic heterocycles. The highest BCUT2D eigenvalue weighted by Crippen LogP contribution is 2.60. The first-order chi connectivity index (χ1) is 21.4. The number of aryl methyl sites for hydroxylation is 1. The number of allylic oxidation sites excluding steroid dienone is 3. The number of nitrogens with zero attached hydrogens (tertiary/aromatic N) is 5. The lowest BCUT2D eigenvalue weighted by molar-refractivity contribution is -0.145. The summed E-state index contributed by atoms with van der Waals surface area (Å²) in [6.45, 7) is 13.8. The predicted molar refractivity (Wildman–Crippen MR) is 177 cm³/mol. The molecule has 0 radical (unpaired) electrons. The molecule has 11 heteroatoms. The Bertz CT molecular complexity index is 1480. The van der Waals surface area contributed by atoms with Gasteiger partial charge in [0.1, 0.15) is 0 Å². The lowest BCUT2D eigenvalue weighted by atomic mass is 9.82. The maximum absolute atomic E-state index is 14.7. The number of hydrogen-bond donors (Lipinski definition) is 2. The van der Waals surface area contributed by atoms with Crippen LogP contribution in [0, 0.1) is 5.92 Å². The maximum Gasteiger partial charge on any atom is 0.264 e. The van der Waals surface area contributed by atoms with E-state index in [0.29, 0.717) is 44.6 Å². The number of benzene rings is 1. The Morgan fingerprint density at radius 1 is 1.20 bits per heavy atom. The van der Waals surface area contributed by atoms with Gasteiger partial charge in [-0.3, -0.25) is 14.3 Å². The van der Waals surface area contributed by atoms with Gasteiger partial charge >= 0.3 is 0 Å². The van der Waals surface area contributed by atoms with Crippen molar-refractivity contribution < 1.29 is 24.2 Å². The van der Waals surface area contributed by atoms with Crippen molar-refractivity contribution in [3.63, 3.8) is 0 Å². The number of aliphatic hydroxyl groups is 1. The summed E-state index contributed by atoms with van der Waals surface area (Å²) in [6.07, 6.45) is 10.00. The van der Waals surface area contributed by atoms with Gasteiger partial charge in [0.2, 0.25) is 5.91 Å². The van der Waals surface area contributed by atoms with E-state index in [1.165, 1.54) is 11.1 Å². The Morgan fingerprint density at radius 3 is 2.64 bits per heavy atom. The molecular weight excluding hydrogens is 586 g/mol. The van der Waals surface area contributed by atoms with Gasteiger partial charge in [-0.1, -0.05) is 35.4 Å². The van der Waals surface area contributed by atoms with Crippen LogP contribution in [-0.4, -0.2) is 70.8 Å². The van der Waals surface area contributed by atoms with Crippen molar-refractivity contribution in [2.24, 2.45) is 5.92 Å². The fourth-order valence-electron chi connectivity index (χ4n) is 7.48. The monoisotopic (exact) mass is 635 g/mol. The molecule has 3 aliphatic rings. The van der Waals surface area contributed by atoms with Crippen LogP contribution in [0.1, 0.15) is 71.1 Å². The molecule has 0 saturated carbocycles. The van der Waals surface area contributed by atoms with Gasteiger partial charge < -0.3 is 24.4 Å². The first-order valence-electron chi connectivity index (χ1n) is 16.3. The fraction of sp³-hybridized carbons (Fsp3) is 0.588. The van der Waals surface area contributed by atoms with Gasteiger partial charge in [-0.05, 0) is 77.7 Å². The molecule has 10 nitrogen and oxygen atoms in total. The number of fused-ring (bicyclic) bond motifs is 2. The van der Waals surface area contributed by atoms with Crippen molar-refractivity contribution in [3.8, 4) is 0 Å². The van der Waals surface area contributed by atoms with Crippen LogP contribution < -0.4 is 9.80 Å². The average molecular weight is 636 g/mol. The summed E-state index contributed by atoms with van der Waals surface area (Å²) in [5.74, 6) is -0.313. The maximum atomic E-state index is 14.7. The zero-order valence-corrected chi connectivity index (χ0v) is 28.6. The van der Waals surface area contributed by atoms with Crippen molar-refractivity contribution in [2.45, 2.75) is 103 Å². The first kappa shape index (κ1) is 33.2. The highest BCUT2D eigenvalue weighted by Gasteiger charge is 2.66. The zero-order chi connectivity index (χ0) is 32.5. The Hall–Kier alpha value is -3.12. The first-order valence-corrected chi connectivity index (χ1v) is 19.3. The normalized spacial score (nSPS) is 25.2. The van der Waals surface area contributed by atoms with E-state index < -0.39 is 13.9 Å². The number of aromatic nitrogens is 3. The standard InChI is InChI=1S/C34H49N5O5Si/c1-23(2)9-7-10-24(3)14-19-39-29-13-12-27(38-17-8-11-31(38)41)21-28(29)34(33(39)42)25(4)32(45(5,6)43)30(44-34)15-18-37-22-26(16-20-40)35-36-37/h9,12-14,21-22,25,30,32,40,43H,7-8,10-11,15-20H2,1-6H3/b24-14+/t25-,30+,32-,34+/m0/s1. The van der Waals surface area contributed by atoms with E-state index in [9.17, 15) is 19.5 Å². The minimum Gasteiger partial charge on any atom is -0.432 e. The van der Waals surface area contributed by atoms with E-state index in [1.807, 2.05) is 54.2 Å². The van der Waals surface area contributed by atoms with Gasteiger partial charge in [0.05, 0.1) is 17.5 Å². The number of carbonyl (C=O) groups is 2. The summed E-state index contributed by atoms with van der Waals surface area (Å²) in [5.41, 5.74) is 4.11. The topological polar surface area (TPSA) is 121 Å². The van der Waals surface area contributed by atoms with Gasteiger partial charge in [-0.2, -0.15) is 0 Å². The van der Waals surface area contributed by atoms with E-state index in [4.69, 9.17) is 4.74 Å². The zero-order valence-electron chi connectivity index (χ0n) is 27.6. The summed E-state index contributed by atoms with van der Waals surface area (Å²) in [6, 6.07) is 5.90. The predicted octanol–water partition coefficient (Wildman–Crippen LogP) is 4.87. The number of amides is 2. The van der Waals surface area contributed by atoms with Crippen molar-refractivity contribution in [2.75, 3.05) is 29.5 Å². The fourth-order valence-corrected chi connectivity index (χ4v) is 10.1. The number of carbonyl (C=O) groups excluding carboxylic acids is 2. The second-order valence-electron chi connectivity index (χ2n) is 13.7. The number of aliphatic hydroxyl groups excluding tert-OH is 1. The van der Waals surface area contributed by atoms with E-state index in [2.05, 4.69) is 43.2 Å². The summed E-state index contributed by atoms with van der Waals surface area (Å²) in [5, 5.41) is 17.6. The summed E-state index contributed by atoms with van der Waals surface area (Å²) in [7, 11) is -2.83. The Kier molecular flexibility index (Phi) is 9.84. The molecule has 2 N–H and O–H groups in total. The quantitative estimate of drug-likeness (QED) is 0.252. The number of hydrogen-bond acceptors (Lipinski definition) is 7. The highest BCUT2D eigenvalue weighted by atomic mass is 28.4. The molecule has 0 aliphatic carbocycles. The third kappa shape index (κ3) is 6.58. The van der Waals surface area contributed by atoms with Crippen LogP contribution in [-0.2, 0) is 32.9 Å². The third-order valence-corrected chi connectivity index (χ3v) is 12.2. The number of rotatable bonds is 12. The van der Waals surface area contributed by atoms with E-state index in [-0.39, 0.29) is 36.0 Å². The Balaban J connectivity index is 1.51. The minimum absolute atomic E-state index is 0.00401. The molecule has 244 valence electrons. The van der Waals surface area contributed by atoms with Crippen molar-refractivity contribution in [3.05, 3.63) is 59.0 Å². The molecule has 5 rings (SSSR count). The third-order valence-electron chi connectivity index (χ3n) is 9.66. The molecule has 0 bridgehead atoms. The largest absolute Gasteiger partial charge is 0.432 e. The van der Waals surface area contributed by atoms with Crippen molar-refractivity contribution in [1.82, 2.24) is 15.0 Å². The smallest absolute Gasteiger partial charge is 0.264 e. The summed E-state index contributed by atoms with van der Waals surface area (Å²) < 4.78 is 8.74. The van der Waals surface area contributed by atoms with Crippen LogP contribution in [0.5, 0.6) is 0 Å². The second-order valence-corrected chi connectivity index (χ2v) is 17.7. The summed E-state index contributed by atoms with van der Waals surface area (Å²) in [4.78, 5) is 42.8. The second kappa shape index (κ2) is 13.3. The number of anilines is 2. The van der Waals surface area contributed by atoms with Gasteiger partial charge in [0.15, 0.2) is 13.9 Å². The van der Waals surface area contributed by atoms with Gasteiger partial charge in [0, 0.05) is 68.0 Å². The van der Waals surface area contributed by atoms with Crippen LogP contribution in [0.15, 0.2) is 47.7 Å². The van der Waals surface area contributed by atoms with Crippen LogP contribution >= 0.6 is 0 Å². The van der Waals surface area contributed by atoms with Crippen molar-refractivity contribution in [1.29, 1.82) is 0 Å². The Labute approximate surface area is 267 Å². The molecule has 2 saturated heterocycles. The van der Waals surface area contributed by atoms with Crippen LogP contribution in [0.25, 0.3) is 0 Å². The molecule has 4 heterocycles. The molecular formula is C34H49N5O5Si. The summed E-state index contributed by atoms with van der Waals surface area (Å²) >= 11 is 0. The SMILES string of the molecule is CC(C)=CCC/C(C)=C/CN1C(=O)[C@]2(O[C@H](CCn3cc(CCO)nn3)[C@@H]([Si](C)(C)O)[C@@H]2C)c2cc(N3CCCC3=O)ccc21. The molecule has 2 aromatic rings. The molecule has 45 heavy (non-hydrogen) atoms. The molecule has 1 aromatic heterocycles. The van der Waals surface area contributed by atoms with E-state index >= 15 is 0 Å². The van der Waals surface area contributed by atoms with Gasteiger partial charge in [-0.25, -0.2) is 0 Å². The lowest BCUT2D eigenvalue weighted by Gasteiger charge is -2.32. The van der Waals surface area contributed by atoms with Gasteiger partial charge in [0.25, 0.3) is 5.91 Å². The molecule has 2 amide bonds. The van der Waals surface area contributed by atoms with Gasteiger partial charge in [-0.15, -0.1) is 5.10 Å². The molecule has 4 atom stereocenters. The lowest BCUT2D eigenvalue weighted by Crippen LogP contribution is -2.46. The number of ether oxygens (including phenoxy) is 1.